The van der Waals surface area contributed by atoms with Crippen LogP contribution in [0.5, 0.6) is 0 Å². The van der Waals surface area contributed by atoms with E-state index in [1.807, 2.05) is 18.2 Å². The minimum atomic E-state index is -3.52. The fraction of sp³-hybridized carbons (Fsp3) is 0.450. The number of hydrogen-bond donors (Lipinski definition) is 1. The van der Waals surface area contributed by atoms with Crippen molar-refractivity contribution in [3.8, 4) is 0 Å². The number of morpholine rings is 1. The summed E-state index contributed by atoms with van der Waals surface area (Å²) in [4.78, 5) is 4.58. The average Bonchev–Trinajstić information content (AvgIpc) is 2.69. The van der Waals surface area contributed by atoms with E-state index in [0.717, 1.165) is 6.42 Å². The minimum absolute atomic E-state index is 0.125. The van der Waals surface area contributed by atoms with Gasteiger partial charge in [0.2, 0.25) is 10.0 Å². The summed E-state index contributed by atoms with van der Waals surface area (Å²) in [6.07, 6.45) is 2.39. The van der Waals surface area contributed by atoms with Gasteiger partial charge in [0.1, 0.15) is 10.7 Å². The van der Waals surface area contributed by atoms with E-state index in [9.17, 15) is 8.42 Å². The number of rotatable bonds is 7. The molecule has 1 saturated heterocycles. The summed E-state index contributed by atoms with van der Waals surface area (Å²) in [5.74, 6) is 1.19. The molecule has 0 spiro atoms. The number of hydrogen-bond acceptors (Lipinski definition) is 5. The second-order valence-corrected chi connectivity index (χ2v) is 9.07. The summed E-state index contributed by atoms with van der Waals surface area (Å²) in [6.45, 7) is 5.99. The minimum Gasteiger partial charge on any atom is -0.379 e. The lowest BCUT2D eigenvalue weighted by molar-refractivity contribution is 0.0730. The zero-order valence-electron chi connectivity index (χ0n) is 15.8. The van der Waals surface area contributed by atoms with Crippen molar-refractivity contribution in [3.63, 3.8) is 0 Å². The summed E-state index contributed by atoms with van der Waals surface area (Å²) in [5.41, 5.74) is 1.19. The molecule has 1 N–H and O–H groups in total. The fourth-order valence-corrected chi connectivity index (χ4v) is 4.52. The zero-order valence-corrected chi connectivity index (χ0v) is 16.7. The lowest BCUT2D eigenvalue weighted by Gasteiger charge is -2.26. The van der Waals surface area contributed by atoms with Gasteiger partial charge in [-0.15, -0.1) is 0 Å². The summed E-state index contributed by atoms with van der Waals surface area (Å²) >= 11 is 0. The summed E-state index contributed by atoms with van der Waals surface area (Å²) in [7, 11) is -3.52. The number of anilines is 1. The molecule has 1 aromatic heterocycles. The Bertz CT molecular complexity index is 817. The van der Waals surface area contributed by atoms with Crippen LogP contribution < -0.4 is 5.32 Å². The van der Waals surface area contributed by atoms with Gasteiger partial charge in [-0.25, -0.2) is 13.4 Å². The molecule has 1 atom stereocenters. The Hall–Kier alpha value is -1.96. The standard InChI is InChI=1S/C20H27N3O3S/c1-16(2)14-19(17-6-4-3-5-7-17)22-20-9-8-18(15-21-20)27(24,25)23-10-12-26-13-11-23/h3-9,15-16,19H,10-14H2,1-2H3,(H,21,22). The molecule has 1 aliphatic rings. The van der Waals surface area contributed by atoms with E-state index >= 15 is 0 Å². The van der Waals surface area contributed by atoms with Crippen LogP contribution in [0.4, 0.5) is 5.82 Å². The molecule has 146 valence electrons. The van der Waals surface area contributed by atoms with Crippen molar-refractivity contribution in [1.29, 1.82) is 0 Å². The maximum absolute atomic E-state index is 12.7. The largest absolute Gasteiger partial charge is 0.379 e. The molecule has 6 nitrogen and oxygen atoms in total. The molecule has 1 aromatic carbocycles. The zero-order chi connectivity index (χ0) is 19.3. The van der Waals surface area contributed by atoms with Gasteiger partial charge in [-0.1, -0.05) is 44.2 Å². The average molecular weight is 390 g/mol. The first-order valence-electron chi connectivity index (χ1n) is 9.32. The van der Waals surface area contributed by atoms with Gasteiger partial charge in [-0.3, -0.25) is 0 Å². The van der Waals surface area contributed by atoms with Gasteiger partial charge in [0.05, 0.1) is 19.3 Å². The van der Waals surface area contributed by atoms with E-state index in [0.29, 0.717) is 38.0 Å². The van der Waals surface area contributed by atoms with Gasteiger partial charge in [0.15, 0.2) is 0 Å². The predicted octanol–water partition coefficient (Wildman–Crippen LogP) is 3.30. The highest BCUT2D eigenvalue weighted by atomic mass is 32.2. The Morgan fingerprint density at radius 2 is 1.81 bits per heavy atom. The van der Waals surface area contributed by atoms with Gasteiger partial charge < -0.3 is 10.1 Å². The molecule has 0 radical (unpaired) electrons. The summed E-state index contributed by atoms with van der Waals surface area (Å²) < 4.78 is 32.1. The van der Waals surface area contributed by atoms with E-state index < -0.39 is 10.0 Å². The van der Waals surface area contributed by atoms with Crippen LogP contribution in [0.25, 0.3) is 0 Å². The quantitative estimate of drug-likeness (QED) is 0.787. The maximum Gasteiger partial charge on any atom is 0.244 e. The Balaban J connectivity index is 1.75. The molecule has 1 fully saturated rings. The predicted molar refractivity (Wildman–Crippen MR) is 106 cm³/mol. The van der Waals surface area contributed by atoms with Crippen LogP contribution in [-0.2, 0) is 14.8 Å². The first-order valence-corrected chi connectivity index (χ1v) is 10.8. The third kappa shape index (κ3) is 5.06. The molecule has 27 heavy (non-hydrogen) atoms. The Morgan fingerprint density at radius 3 is 2.41 bits per heavy atom. The third-order valence-electron chi connectivity index (χ3n) is 4.58. The van der Waals surface area contributed by atoms with Gasteiger partial charge in [0.25, 0.3) is 0 Å². The number of ether oxygens (including phenoxy) is 1. The van der Waals surface area contributed by atoms with Crippen molar-refractivity contribution in [3.05, 3.63) is 54.2 Å². The fourth-order valence-electron chi connectivity index (χ4n) is 3.17. The topological polar surface area (TPSA) is 71.5 Å². The Morgan fingerprint density at radius 1 is 1.11 bits per heavy atom. The highest BCUT2D eigenvalue weighted by molar-refractivity contribution is 7.89. The second-order valence-electron chi connectivity index (χ2n) is 7.13. The number of pyridine rings is 1. The number of benzene rings is 1. The van der Waals surface area contributed by atoms with Crippen molar-refractivity contribution in [2.75, 3.05) is 31.6 Å². The van der Waals surface area contributed by atoms with E-state index in [-0.39, 0.29) is 10.9 Å². The van der Waals surface area contributed by atoms with Gasteiger partial charge >= 0.3 is 0 Å². The molecule has 2 aromatic rings. The van der Waals surface area contributed by atoms with Crippen molar-refractivity contribution >= 4 is 15.8 Å². The van der Waals surface area contributed by atoms with Crippen LogP contribution in [-0.4, -0.2) is 44.0 Å². The second kappa shape index (κ2) is 8.82. The van der Waals surface area contributed by atoms with E-state index in [1.165, 1.54) is 16.1 Å². The van der Waals surface area contributed by atoms with Gasteiger partial charge in [-0.2, -0.15) is 4.31 Å². The van der Waals surface area contributed by atoms with Crippen molar-refractivity contribution in [2.24, 2.45) is 5.92 Å². The monoisotopic (exact) mass is 389 g/mol. The molecule has 0 aliphatic carbocycles. The SMILES string of the molecule is CC(C)CC(Nc1ccc(S(=O)(=O)N2CCOCC2)cn1)c1ccccc1. The lowest BCUT2D eigenvalue weighted by Crippen LogP contribution is -2.40. The van der Waals surface area contributed by atoms with Gasteiger partial charge in [-0.05, 0) is 30.0 Å². The first-order chi connectivity index (χ1) is 13.0. The summed E-state index contributed by atoms with van der Waals surface area (Å²) in [5, 5.41) is 3.45. The molecule has 1 aliphatic heterocycles. The van der Waals surface area contributed by atoms with Crippen molar-refractivity contribution in [1.82, 2.24) is 9.29 Å². The van der Waals surface area contributed by atoms with Gasteiger partial charge in [0, 0.05) is 19.3 Å². The maximum atomic E-state index is 12.7. The molecule has 2 heterocycles. The van der Waals surface area contributed by atoms with Crippen LogP contribution in [0.15, 0.2) is 53.6 Å². The molecule has 0 bridgehead atoms. The van der Waals surface area contributed by atoms with E-state index in [1.54, 1.807) is 12.1 Å². The smallest absolute Gasteiger partial charge is 0.244 e. The van der Waals surface area contributed by atoms with Crippen molar-refractivity contribution in [2.45, 2.75) is 31.2 Å². The van der Waals surface area contributed by atoms with E-state index in [2.05, 4.69) is 36.3 Å². The molecule has 3 rings (SSSR count). The van der Waals surface area contributed by atoms with Crippen LogP contribution in [0.3, 0.4) is 0 Å². The van der Waals surface area contributed by atoms with Crippen molar-refractivity contribution < 1.29 is 13.2 Å². The highest BCUT2D eigenvalue weighted by Crippen LogP contribution is 2.26. The molecular formula is C20H27N3O3S. The third-order valence-corrected chi connectivity index (χ3v) is 6.46. The van der Waals surface area contributed by atoms with Crippen LogP contribution >= 0.6 is 0 Å². The lowest BCUT2D eigenvalue weighted by atomic mass is 9.97. The molecule has 0 amide bonds. The number of aromatic nitrogens is 1. The molecule has 0 saturated carbocycles. The highest BCUT2D eigenvalue weighted by Gasteiger charge is 2.26. The Kier molecular flexibility index (Phi) is 6.46. The molecular weight excluding hydrogens is 362 g/mol. The van der Waals surface area contributed by atoms with Crippen LogP contribution in [0.2, 0.25) is 0 Å². The Labute approximate surface area is 161 Å². The summed E-state index contributed by atoms with van der Waals surface area (Å²) in [6, 6.07) is 13.7. The number of sulfonamides is 1. The number of nitrogens with zero attached hydrogens (tertiary/aromatic N) is 2. The molecule has 1 unspecified atom stereocenters. The van der Waals surface area contributed by atoms with E-state index in [4.69, 9.17) is 4.74 Å². The molecule has 7 heteroatoms. The first kappa shape index (κ1) is 19.8. The normalized spacial score (nSPS) is 17.0. The number of nitrogens with one attached hydrogen (secondary N) is 1. The van der Waals surface area contributed by atoms with Crippen LogP contribution in [0, 0.1) is 5.92 Å². The van der Waals surface area contributed by atoms with Crippen LogP contribution in [0.1, 0.15) is 31.9 Å².